The van der Waals surface area contributed by atoms with Crippen LogP contribution in [-0.4, -0.2) is 65.2 Å². The number of nitrogens with zero attached hydrogens (tertiary/aromatic N) is 4. The van der Waals surface area contributed by atoms with Crippen molar-refractivity contribution in [3.63, 3.8) is 0 Å². The van der Waals surface area contributed by atoms with Crippen LogP contribution in [0.2, 0.25) is 0 Å². The summed E-state index contributed by atoms with van der Waals surface area (Å²) in [5.41, 5.74) is 1.22. The highest BCUT2D eigenvalue weighted by molar-refractivity contribution is 5.73. The number of likely N-dealkylation sites (tertiary alicyclic amines) is 1. The first-order valence-corrected chi connectivity index (χ1v) is 7.49. The summed E-state index contributed by atoms with van der Waals surface area (Å²) < 4.78 is 0. The third kappa shape index (κ3) is 2.55. The number of aromatic amines is 1. The van der Waals surface area contributed by atoms with E-state index < -0.39 is 0 Å². The second-order valence-electron chi connectivity index (χ2n) is 5.97. The number of carbonyl (C=O) groups excluding carboxylic acids is 1. The minimum absolute atomic E-state index is 0.186. The zero-order valence-corrected chi connectivity index (χ0v) is 12.9. The number of fused-ring (bicyclic) bond motifs is 1. The number of hydrogen-bond acceptors (Lipinski definition) is 4. The van der Waals surface area contributed by atoms with Crippen molar-refractivity contribution in [3.8, 4) is 0 Å². The van der Waals surface area contributed by atoms with Crippen molar-refractivity contribution in [3.05, 3.63) is 17.8 Å². The molecular formula is C15H23N5O. The maximum Gasteiger partial charge on any atom is 0.219 e. The lowest BCUT2D eigenvalue weighted by Crippen LogP contribution is -2.49. The Morgan fingerprint density at radius 1 is 1.43 bits per heavy atom. The molecule has 0 radical (unpaired) electrons. The number of hydrogen-bond donors (Lipinski definition) is 1. The molecule has 0 saturated carbocycles. The molecule has 1 saturated heterocycles. The molecule has 0 bridgehead atoms. The van der Waals surface area contributed by atoms with Gasteiger partial charge in [-0.3, -0.25) is 9.69 Å². The molecule has 1 aromatic rings. The molecule has 1 fully saturated rings. The molecule has 6 nitrogen and oxygen atoms in total. The number of aromatic nitrogens is 1. The van der Waals surface area contributed by atoms with Gasteiger partial charge in [0.1, 0.15) is 12.0 Å². The highest BCUT2D eigenvalue weighted by Crippen LogP contribution is 2.35. The fraction of sp³-hybridized carbons (Fsp3) is 0.600. The molecule has 0 aromatic carbocycles. The van der Waals surface area contributed by atoms with Gasteiger partial charge in [0.15, 0.2) is 0 Å². The molecule has 1 amide bonds. The van der Waals surface area contributed by atoms with E-state index in [1.807, 2.05) is 17.4 Å². The standard InChI is InChI=1S/C15H23N5O/c1-11(21)20-8-5-12(6-9-20)19(3)15-13-4-7-16-14(13)17-10-18(15)2/h4,7,10,12,15-16H,5-6,8-9H2,1-3H3. The van der Waals surface area contributed by atoms with Crippen LogP contribution in [0.4, 0.5) is 5.82 Å². The van der Waals surface area contributed by atoms with E-state index in [1.165, 1.54) is 5.56 Å². The Balaban J connectivity index is 1.73. The molecular weight excluding hydrogens is 266 g/mol. The van der Waals surface area contributed by atoms with E-state index in [0.717, 1.165) is 31.7 Å². The lowest BCUT2D eigenvalue weighted by Gasteiger charge is -2.43. The lowest BCUT2D eigenvalue weighted by molar-refractivity contribution is -0.130. The van der Waals surface area contributed by atoms with Crippen LogP contribution in [0.3, 0.4) is 0 Å². The average Bonchev–Trinajstić information content (AvgIpc) is 2.95. The minimum Gasteiger partial charge on any atom is -0.346 e. The van der Waals surface area contributed by atoms with Gasteiger partial charge in [-0.15, -0.1) is 0 Å². The van der Waals surface area contributed by atoms with Gasteiger partial charge in [0.25, 0.3) is 0 Å². The van der Waals surface area contributed by atoms with Crippen molar-refractivity contribution in [1.82, 2.24) is 19.7 Å². The van der Waals surface area contributed by atoms with Crippen LogP contribution in [-0.2, 0) is 4.79 Å². The predicted octanol–water partition coefficient (Wildman–Crippen LogP) is 1.56. The number of amides is 1. The quantitative estimate of drug-likeness (QED) is 0.899. The number of rotatable bonds is 2. The van der Waals surface area contributed by atoms with Crippen LogP contribution >= 0.6 is 0 Å². The molecule has 114 valence electrons. The van der Waals surface area contributed by atoms with Gasteiger partial charge in [0.2, 0.25) is 5.91 Å². The summed E-state index contributed by atoms with van der Waals surface area (Å²) in [6, 6.07) is 2.59. The first-order valence-electron chi connectivity index (χ1n) is 7.49. The van der Waals surface area contributed by atoms with Crippen LogP contribution in [0, 0.1) is 0 Å². The maximum absolute atomic E-state index is 11.4. The summed E-state index contributed by atoms with van der Waals surface area (Å²) >= 11 is 0. The molecule has 1 aromatic heterocycles. The van der Waals surface area contributed by atoms with Crippen molar-refractivity contribution >= 4 is 18.1 Å². The second kappa shape index (κ2) is 5.52. The van der Waals surface area contributed by atoms with Crippen LogP contribution in [0.15, 0.2) is 17.3 Å². The maximum atomic E-state index is 11.4. The topological polar surface area (TPSA) is 54.9 Å². The van der Waals surface area contributed by atoms with Crippen molar-refractivity contribution in [1.29, 1.82) is 0 Å². The molecule has 3 heterocycles. The molecule has 0 aliphatic carbocycles. The Kier molecular flexibility index (Phi) is 3.71. The number of H-pyrrole nitrogens is 1. The van der Waals surface area contributed by atoms with Crippen LogP contribution in [0.25, 0.3) is 0 Å². The largest absolute Gasteiger partial charge is 0.346 e. The molecule has 2 aliphatic rings. The van der Waals surface area contributed by atoms with Crippen molar-refractivity contribution < 1.29 is 4.79 Å². The zero-order chi connectivity index (χ0) is 15.0. The van der Waals surface area contributed by atoms with E-state index in [1.54, 1.807) is 6.92 Å². The van der Waals surface area contributed by atoms with Crippen LogP contribution in [0.1, 0.15) is 31.5 Å². The van der Waals surface area contributed by atoms with Gasteiger partial charge in [-0.1, -0.05) is 0 Å². The smallest absolute Gasteiger partial charge is 0.219 e. The van der Waals surface area contributed by atoms with Crippen molar-refractivity contribution in [2.24, 2.45) is 4.99 Å². The van der Waals surface area contributed by atoms with Crippen LogP contribution in [0.5, 0.6) is 0 Å². The van der Waals surface area contributed by atoms with Gasteiger partial charge in [-0.2, -0.15) is 0 Å². The summed E-state index contributed by atoms with van der Waals surface area (Å²) in [4.78, 5) is 25.5. The van der Waals surface area contributed by atoms with Crippen molar-refractivity contribution in [2.75, 3.05) is 27.2 Å². The first kappa shape index (κ1) is 14.1. The third-order valence-electron chi connectivity index (χ3n) is 4.66. The Hall–Kier alpha value is -1.82. The first-order chi connectivity index (χ1) is 10.1. The molecule has 0 spiro atoms. The van der Waals surface area contributed by atoms with E-state index in [4.69, 9.17) is 0 Å². The number of piperidine rings is 1. The Morgan fingerprint density at radius 3 is 2.81 bits per heavy atom. The van der Waals surface area contributed by atoms with Gasteiger partial charge in [-0.05, 0) is 26.0 Å². The van der Waals surface area contributed by atoms with E-state index in [0.29, 0.717) is 6.04 Å². The second-order valence-corrected chi connectivity index (χ2v) is 5.97. The molecule has 1 atom stereocenters. The van der Waals surface area contributed by atoms with Crippen molar-refractivity contribution in [2.45, 2.75) is 32.0 Å². The predicted molar refractivity (Wildman–Crippen MR) is 82.5 cm³/mol. The average molecular weight is 289 g/mol. The Labute approximate surface area is 125 Å². The summed E-state index contributed by atoms with van der Waals surface area (Å²) in [7, 11) is 4.23. The molecule has 1 N–H and O–H groups in total. The highest BCUT2D eigenvalue weighted by Gasteiger charge is 2.33. The summed E-state index contributed by atoms with van der Waals surface area (Å²) in [5, 5.41) is 0. The van der Waals surface area contributed by atoms with Gasteiger partial charge in [0, 0.05) is 44.9 Å². The third-order valence-corrected chi connectivity index (χ3v) is 4.66. The number of aliphatic imine (C=N–C) groups is 1. The van der Waals surface area contributed by atoms with Gasteiger partial charge in [-0.25, -0.2) is 4.99 Å². The van der Waals surface area contributed by atoms with Crippen LogP contribution < -0.4 is 0 Å². The Bertz CT molecular complexity index is 544. The lowest BCUT2D eigenvalue weighted by atomic mass is 10.0. The SMILES string of the molecule is CC(=O)N1CCC(N(C)C2c3cc[nH]c3N=CN2C)CC1. The molecule has 21 heavy (non-hydrogen) atoms. The van der Waals surface area contributed by atoms with E-state index in [2.05, 4.69) is 39.9 Å². The zero-order valence-electron chi connectivity index (χ0n) is 12.9. The molecule has 1 unspecified atom stereocenters. The fourth-order valence-electron chi connectivity index (χ4n) is 3.42. The number of nitrogens with one attached hydrogen (secondary N) is 1. The summed E-state index contributed by atoms with van der Waals surface area (Å²) in [6.45, 7) is 3.37. The molecule has 3 rings (SSSR count). The van der Waals surface area contributed by atoms with Gasteiger partial charge < -0.3 is 14.8 Å². The van der Waals surface area contributed by atoms with E-state index in [-0.39, 0.29) is 12.1 Å². The normalized spacial score (nSPS) is 22.8. The Morgan fingerprint density at radius 2 is 2.14 bits per heavy atom. The monoisotopic (exact) mass is 289 g/mol. The highest BCUT2D eigenvalue weighted by atomic mass is 16.2. The minimum atomic E-state index is 0.186. The van der Waals surface area contributed by atoms with E-state index >= 15 is 0 Å². The molecule has 2 aliphatic heterocycles. The van der Waals surface area contributed by atoms with Gasteiger partial charge >= 0.3 is 0 Å². The summed E-state index contributed by atoms with van der Waals surface area (Å²) in [5.74, 6) is 1.14. The van der Waals surface area contributed by atoms with Gasteiger partial charge in [0.05, 0.1) is 6.34 Å². The van der Waals surface area contributed by atoms with E-state index in [9.17, 15) is 4.79 Å². The number of carbonyl (C=O) groups is 1. The fourth-order valence-corrected chi connectivity index (χ4v) is 3.42. The summed E-state index contributed by atoms with van der Waals surface area (Å²) in [6.07, 6.45) is 6.08. The molecule has 6 heteroatoms.